The predicted octanol–water partition coefficient (Wildman–Crippen LogP) is -0.177. The molecule has 0 aromatic carbocycles. The molecule has 3 nitrogen and oxygen atoms in total. The highest BCUT2D eigenvalue weighted by atomic mass is 16.3. The highest BCUT2D eigenvalue weighted by molar-refractivity contribution is 4.52. The highest BCUT2D eigenvalue weighted by Gasteiger charge is 1.98. The number of aliphatic hydroxyl groups is 1. The molecule has 0 spiro atoms. The summed E-state index contributed by atoms with van der Waals surface area (Å²) >= 11 is 0. The lowest BCUT2D eigenvalue weighted by molar-refractivity contribution is 0.136. The summed E-state index contributed by atoms with van der Waals surface area (Å²) in [5.74, 6) is 0. The van der Waals surface area contributed by atoms with Crippen molar-refractivity contribution >= 4 is 0 Å². The Labute approximate surface area is 56.6 Å². The van der Waals surface area contributed by atoms with Gasteiger partial charge in [0.25, 0.3) is 0 Å². The molecule has 0 saturated carbocycles. The van der Waals surface area contributed by atoms with Crippen molar-refractivity contribution in [2.45, 2.75) is 19.4 Å². The van der Waals surface area contributed by atoms with Gasteiger partial charge < -0.3 is 5.11 Å². The third-order valence-corrected chi connectivity index (χ3v) is 1.11. The van der Waals surface area contributed by atoms with Gasteiger partial charge in [-0.1, -0.05) is 6.92 Å². The van der Waals surface area contributed by atoms with Crippen LogP contribution in [0.25, 0.3) is 0 Å². The number of hydrogen-bond acceptors (Lipinski definition) is 3. The SMILES string of the molecule is CC[C@H](O)CNN(C)C. The fourth-order valence-corrected chi connectivity index (χ4v) is 0.432. The lowest BCUT2D eigenvalue weighted by Crippen LogP contribution is -2.36. The Morgan fingerprint density at radius 2 is 2.11 bits per heavy atom. The van der Waals surface area contributed by atoms with Crippen molar-refractivity contribution in [3.63, 3.8) is 0 Å². The third kappa shape index (κ3) is 5.76. The Balaban J connectivity index is 3.06. The second kappa shape index (κ2) is 4.73. The molecule has 0 radical (unpaired) electrons. The van der Waals surface area contributed by atoms with E-state index in [0.717, 1.165) is 6.42 Å². The number of nitrogens with one attached hydrogen (secondary N) is 1. The number of aliphatic hydroxyl groups excluding tert-OH is 1. The van der Waals surface area contributed by atoms with Gasteiger partial charge in [0.15, 0.2) is 0 Å². The number of hydrogen-bond donors (Lipinski definition) is 2. The normalized spacial score (nSPS) is 14.3. The second-order valence-corrected chi connectivity index (χ2v) is 2.32. The van der Waals surface area contributed by atoms with Gasteiger partial charge in [0.2, 0.25) is 0 Å². The largest absolute Gasteiger partial charge is 0.392 e. The van der Waals surface area contributed by atoms with Gasteiger partial charge >= 0.3 is 0 Å². The quantitative estimate of drug-likeness (QED) is 0.521. The van der Waals surface area contributed by atoms with E-state index in [-0.39, 0.29) is 6.10 Å². The van der Waals surface area contributed by atoms with Gasteiger partial charge in [0.05, 0.1) is 6.10 Å². The average molecular weight is 132 g/mol. The molecular formula is C6H16N2O. The van der Waals surface area contributed by atoms with Crippen molar-refractivity contribution in [3.05, 3.63) is 0 Å². The van der Waals surface area contributed by atoms with Crippen LogP contribution in [0.1, 0.15) is 13.3 Å². The van der Waals surface area contributed by atoms with Crippen molar-refractivity contribution < 1.29 is 5.11 Å². The topological polar surface area (TPSA) is 35.5 Å². The summed E-state index contributed by atoms with van der Waals surface area (Å²) < 4.78 is 0. The Morgan fingerprint density at radius 3 is 2.44 bits per heavy atom. The van der Waals surface area contributed by atoms with Gasteiger partial charge in [0.1, 0.15) is 0 Å². The van der Waals surface area contributed by atoms with Crippen LogP contribution in [0, 0.1) is 0 Å². The van der Waals surface area contributed by atoms with Crippen LogP contribution in [-0.4, -0.2) is 36.9 Å². The molecule has 0 heterocycles. The smallest absolute Gasteiger partial charge is 0.0676 e. The van der Waals surface area contributed by atoms with E-state index in [9.17, 15) is 0 Å². The zero-order chi connectivity index (χ0) is 7.28. The molecular weight excluding hydrogens is 116 g/mol. The molecule has 0 aromatic rings. The van der Waals surface area contributed by atoms with E-state index in [1.165, 1.54) is 0 Å². The van der Waals surface area contributed by atoms with Crippen molar-refractivity contribution in [2.24, 2.45) is 0 Å². The minimum absolute atomic E-state index is 0.215. The summed E-state index contributed by atoms with van der Waals surface area (Å²) in [6, 6.07) is 0. The predicted molar refractivity (Wildman–Crippen MR) is 38.0 cm³/mol. The molecule has 0 bridgehead atoms. The summed E-state index contributed by atoms with van der Waals surface area (Å²) in [6.45, 7) is 2.60. The molecule has 2 N–H and O–H groups in total. The van der Waals surface area contributed by atoms with Crippen LogP contribution in [0.5, 0.6) is 0 Å². The Hall–Kier alpha value is -0.120. The molecule has 0 aliphatic rings. The van der Waals surface area contributed by atoms with Crippen molar-refractivity contribution in [1.82, 2.24) is 10.4 Å². The van der Waals surface area contributed by atoms with Crippen molar-refractivity contribution in [2.75, 3.05) is 20.6 Å². The molecule has 0 unspecified atom stereocenters. The third-order valence-electron chi connectivity index (χ3n) is 1.11. The lowest BCUT2D eigenvalue weighted by atomic mass is 10.3. The molecule has 9 heavy (non-hydrogen) atoms. The molecule has 0 aliphatic carbocycles. The van der Waals surface area contributed by atoms with Gasteiger partial charge in [0, 0.05) is 20.6 Å². The number of rotatable bonds is 4. The van der Waals surface area contributed by atoms with Crippen LogP contribution in [0.15, 0.2) is 0 Å². The summed E-state index contributed by atoms with van der Waals surface area (Å²) in [5, 5.41) is 10.8. The van der Waals surface area contributed by atoms with Crippen molar-refractivity contribution in [3.8, 4) is 0 Å². The summed E-state index contributed by atoms with van der Waals surface area (Å²) in [5.41, 5.74) is 2.98. The zero-order valence-corrected chi connectivity index (χ0v) is 6.39. The van der Waals surface area contributed by atoms with Gasteiger partial charge in [-0.05, 0) is 6.42 Å². The minimum atomic E-state index is -0.215. The molecule has 0 aromatic heterocycles. The maximum atomic E-state index is 9.02. The van der Waals surface area contributed by atoms with Crippen LogP contribution in [0.4, 0.5) is 0 Å². The first kappa shape index (κ1) is 8.88. The standard InChI is InChI=1S/C6H16N2O/c1-4-6(9)5-7-8(2)3/h6-7,9H,4-5H2,1-3H3/t6-/m0/s1. The lowest BCUT2D eigenvalue weighted by Gasteiger charge is -2.14. The van der Waals surface area contributed by atoms with E-state index in [1.54, 1.807) is 0 Å². The van der Waals surface area contributed by atoms with E-state index in [1.807, 2.05) is 26.0 Å². The van der Waals surface area contributed by atoms with Gasteiger partial charge in [-0.3, -0.25) is 10.4 Å². The van der Waals surface area contributed by atoms with E-state index in [4.69, 9.17) is 5.11 Å². The van der Waals surface area contributed by atoms with Crippen LogP contribution in [-0.2, 0) is 0 Å². The van der Waals surface area contributed by atoms with Crippen LogP contribution in [0.3, 0.4) is 0 Å². The van der Waals surface area contributed by atoms with Crippen molar-refractivity contribution in [1.29, 1.82) is 0 Å². The monoisotopic (exact) mass is 132 g/mol. The highest BCUT2D eigenvalue weighted by Crippen LogP contribution is 1.85. The molecule has 0 saturated heterocycles. The summed E-state index contributed by atoms with van der Waals surface area (Å²) in [6.07, 6.45) is 0.591. The van der Waals surface area contributed by atoms with Gasteiger partial charge in [-0.25, -0.2) is 0 Å². The Bertz CT molecular complexity index is 66.1. The number of hydrazine groups is 1. The fourth-order valence-electron chi connectivity index (χ4n) is 0.432. The van der Waals surface area contributed by atoms with Crippen LogP contribution < -0.4 is 5.43 Å². The average Bonchev–Trinajstić information content (AvgIpc) is 1.83. The zero-order valence-electron chi connectivity index (χ0n) is 6.39. The first-order valence-electron chi connectivity index (χ1n) is 3.25. The molecule has 1 atom stereocenters. The summed E-state index contributed by atoms with van der Waals surface area (Å²) in [7, 11) is 3.81. The Morgan fingerprint density at radius 1 is 1.56 bits per heavy atom. The number of nitrogens with zero attached hydrogens (tertiary/aromatic N) is 1. The maximum Gasteiger partial charge on any atom is 0.0676 e. The van der Waals surface area contributed by atoms with E-state index >= 15 is 0 Å². The first-order chi connectivity index (χ1) is 4.16. The molecule has 56 valence electrons. The molecule has 0 amide bonds. The van der Waals surface area contributed by atoms with E-state index in [2.05, 4.69) is 5.43 Å². The van der Waals surface area contributed by atoms with E-state index < -0.39 is 0 Å². The second-order valence-electron chi connectivity index (χ2n) is 2.32. The van der Waals surface area contributed by atoms with Gasteiger partial charge in [-0.15, -0.1) is 0 Å². The minimum Gasteiger partial charge on any atom is -0.392 e. The summed E-state index contributed by atoms with van der Waals surface area (Å²) in [4.78, 5) is 0. The molecule has 0 rings (SSSR count). The Kier molecular flexibility index (Phi) is 4.67. The van der Waals surface area contributed by atoms with Gasteiger partial charge in [-0.2, -0.15) is 0 Å². The van der Waals surface area contributed by atoms with Crippen LogP contribution in [0.2, 0.25) is 0 Å². The van der Waals surface area contributed by atoms with E-state index in [0.29, 0.717) is 6.54 Å². The molecule has 0 fully saturated rings. The fraction of sp³-hybridized carbons (Fsp3) is 1.00. The molecule has 0 aliphatic heterocycles. The molecule has 3 heteroatoms. The maximum absolute atomic E-state index is 9.02. The van der Waals surface area contributed by atoms with Crippen LogP contribution >= 0.6 is 0 Å². The first-order valence-corrected chi connectivity index (χ1v) is 3.25.